The lowest BCUT2D eigenvalue weighted by Gasteiger charge is -2.07. The second kappa shape index (κ2) is 6.75. The van der Waals surface area contributed by atoms with Gasteiger partial charge in [-0.3, -0.25) is 4.79 Å². The Balaban J connectivity index is 2.33. The minimum Gasteiger partial charge on any atom is -0.508 e. The standard InChI is InChI=1S/C12H18N2O3/c1-2-5-14-12(17)8-13-7-9-3-4-10(15)6-11(9)16/h3-4,6,13,15-16H,2,5,7-8H2,1H3,(H,14,17). The number of hydrogen-bond acceptors (Lipinski definition) is 4. The lowest BCUT2D eigenvalue weighted by Crippen LogP contribution is -2.33. The number of aromatic hydroxyl groups is 2. The topological polar surface area (TPSA) is 81.6 Å². The molecule has 0 aliphatic carbocycles. The molecule has 0 saturated heterocycles. The monoisotopic (exact) mass is 238 g/mol. The van der Waals surface area contributed by atoms with E-state index in [0.717, 1.165) is 6.42 Å². The van der Waals surface area contributed by atoms with Gasteiger partial charge in [-0.1, -0.05) is 13.0 Å². The SMILES string of the molecule is CCCNC(=O)CNCc1ccc(O)cc1O. The third-order valence-electron chi connectivity index (χ3n) is 2.24. The zero-order valence-electron chi connectivity index (χ0n) is 9.86. The van der Waals surface area contributed by atoms with Gasteiger partial charge in [0.25, 0.3) is 0 Å². The van der Waals surface area contributed by atoms with Gasteiger partial charge in [0.05, 0.1) is 6.54 Å². The van der Waals surface area contributed by atoms with E-state index in [1.165, 1.54) is 12.1 Å². The summed E-state index contributed by atoms with van der Waals surface area (Å²) in [4.78, 5) is 11.3. The molecule has 0 spiro atoms. The number of phenolic OH excluding ortho intramolecular Hbond substituents is 2. The molecule has 4 N–H and O–H groups in total. The first-order chi connectivity index (χ1) is 8.13. The molecule has 17 heavy (non-hydrogen) atoms. The Labute approximate surface area is 100 Å². The van der Waals surface area contributed by atoms with E-state index in [4.69, 9.17) is 5.11 Å². The minimum atomic E-state index is -0.0647. The Kier molecular flexibility index (Phi) is 5.29. The first kappa shape index (κ1) is 13.3. The van der Waals surface area contributed by atoms with Crippen molar-refractivity contribution in [3.63, 3.8) is 0 Å². The fourth-order valence-electron chi connectivity index (χ4n) is 1.34. The number of amides is 1. The maximum absolute atomic E-state index is 11.3. The highest BCUT2D eigenvalue weighted by Gasteiger charge is 2.03. The zero-order chi connectivity index (χ0) is 12.7. The summed E-state index contributed by atoms with van der Waals surface area (Å²) in [6, 6.07) is 4.38. The van der Waals surface area contributed by atoms with Crippen molar-refractivity contribution in [3.05, 3.63) is 23.8 Å². The number of rotatable bonds is 6. The van der Waals surface area contributed by atoms with Crippen LogP contribution in [0.3, 0.4) is 0 Å². The largest absolute Gasteiger partial charge is 0.508 e. The number of nitrogens with one attached hydrogen (secondary N) is 2. The molecule has 5 nitrogen and oxygen atoms in total. The van der Waals surface area contributed by atoms with Gasteiger partial charge in [0.15, 0.2) is 0 Å². The lowest BCUT2D eigenvalue weighted by atomic mass is 10.2. The molecular formula is C12H18N2O3. The molecule has 94 valence electrons. The van der Waals surface area contributed by atoms with Crippen molar-refractivity contribution in [3.8, 4) is 11.5 Å². The number of carbonyl (C=O) groups excluding carboxylic acids is 1. The molecule has 0 atom stereocenters. The van der Waals surface area contributed by atoms with Gasteiger partial charge in [0.1, 0.15) is 11.5 Å². The van der Waals surface area contributed by atoms with E-state index in [0.29, 0.717) is 18.7 Å². The smallest absolute Gasteiger partial charge is 0.233 e. The van der Waals surface area contributed by atoms with Crippen LogP contribution >= 0.6 is 0 Å². The molecule has 0 aromatic heterocycles. The van der Waals surface area contributed by atoms with Crippen molar-refractivity contribution in [1.82, 2.24) is 10.6 Å². The fraction of sp³-hybridized carbons (Fsp3) is 0.417. The maximum atomic E-state index is 11.3. The van der Waals surface area contributed by atoms with Crippen molar-refractivity contribution in [2.45, 2.75) is 19.9 Å². The van der Waals surface area contributed by atoms with Gasteiger partial charge in [0.2, 0.25) is 5.91 Å². The predicted molar refractivity (Wildman–Crippen MR) is 64.8 cm³/mol. The summed E-state index contributed by atoms with van der Waals surface area (Å²) in [5.74, 6) is -0.0245. The molecule has 1 aromatic rings. The highest BCUT2D eigenvalue weighted by molar-refractivity contribution is 5.77. The summed E-state index contributed by atoms with van der Waals surface area (Å²) >= 11 is 0. The van der Waals surface area contributed by atoms with Crippen LogP contribution in [0.25, 0.3) is 0 Å². The summed E-state index contributed by atoms with van der Waals surface area (Å²) in [6.07, 6.45) is 0.907. The van der Waals surface area contributed by atoms with Crippen molar-refractivity contribution in [2.75, 3.05) is 13.1 Å². The third kappa shape index (κ3) is 4.74. The first-order valence-electron chi connectivity index (χ1n) is 5.61. The van der Waals surface area contributed by atoms with Crippen molar-refractivity contribution < 1.29 is 15.0 Å². The van der Waals surface area contributed by atoms with E-state index < -0.39 is 0 Å². The van der Waals surface area contributed by atoms with E-state index in [9.17, 15) is 9.90 Å². The van der Waals surface area contributed by atoms with Crippen LogP contribution in [0.5, 0.6) is 11.5 Å². The average molecular weight is 238 g/mol. The number of carbonyl (C=O) groups is 1. The van der Waals surface area contributed by atoms with Gasteiger partial charge in [-0.2, -0.15) is 0 Å². The molecule has 0 aliphatic heterocycles. The normalized spacial score (nSPS) is 10.2. The van der Waals surface area contributed by atoms with E-state index in [1.54, 1.807) is 6.07 Å². The van der Waals surface area contributed by atoms with E-state index in [2.05, 4.69) is 10.6 Å². The predicted octanol–water partition coefficient (Wildman–Crippen LogP) is 0.714. The number of hydrogen-bond donors (Lipinski definition) is 4. The number of benzene rings is 1. The molecule has 1 aromatic carbocycles. The summed E-state index contributed by atoms with van der Waals surface area (Å²) in [5.41, 5.74) is 0.645. The number of phenols is 2. The van der Waals surface area contributed by atoms with E-state index in [1.807, 2.05) is 6.92 Å². The van der Waals surface area contributed by atoms with Crippen LogP contribution in [-0.2, 0) is 11.3 Å². The molecule has 5 heteroatoms. The molecule has 1 amide bonds. The van der Waals surface area contributed by atoms with Gasteiger partial charge in [-0.05, 0) is 12.5 Å². The molecule has 0 bridgehead atoms. The zero-order valence-corrected chi connectivity index (χ0v) is 9.86. The minimum absolute atomic E-state index is 0.0199. The Bertz CT molecular complexity index is 380. The van der Waals surface area contributed by atoms with Crippen molar-refractivity contribution in [1.29, 1.82) is 0 Å². The van der Waals surface area contributed by atoms with Gasteiger partial charge in [-0.25, -0.2) is 0 Å². The highest BCUT2D eigenvalue weighted by atomic mass is 16.3. The Morgan fingerprint density at radius 2 is 2.12 bits per heavy atom. The maximum Gasteiger partial charge on any atom is 0.233 e. The Morgan fingerprint density at radius 1 is 1.35 bits per heavy atom. The summed E-state index contributed by atoms with van der Waals surface area (Å²) in [7, 11) is 0. The van der Waals surface area contributed by atoms with E-state index in [-0.39, 0.29) is 24.0 Å². The Hall–Kier alpha value is -1.75. The van der Waals surface area contributed by atoms with E-state index >= 15 is 0 Å². The van der Waals surface area contributed by atoms with Crippen LogP contribution in [0, 0.1) is 0 Å². The van der Waals surface area contributed by atoms with Gasteiger partial charge in [0, 0.05) is 24.7 Å². The molecule has 0 heterocycles. The summed E-state index contributed by atoms with van der Waals surface area (Å²) < 4.78 is 0. The summed E-state index contributed by atoms with van der Waals surface area (Å²) in [5, 5.41) is 24.3. The van der Waals surface area contributed by atoms with Crippen LogP contribution in [0.15, 0.2) is 18.2 Å². The van der Waals surface area contributed by atoms with Gasteiger partial charge < -0.3 is 20.8 Å². The van der Waals surface area contributed by atoms with Crippen LogP contribution in [-0.4, -0.2) is 29.2 Å². The molecule has 0 fully saturated rings. The second-order valence-electron chi connectivity index (χ2n) is 3.77. The van der Waals surface area contributed by atoms with Crippen LogP contribution in [0.1, 0.15) is 18.9 Å². The van der Waals surface area contributed by atoms with Crippen LogP contribution in [0.4, 0.5) is 0 Å². The van der Waals surface area contributed by atoms with Gasteiger partial charge in [-0.15, -0.1) is 0 Å². The van der Waals surface area contributed by atoms with Gasteiger partial charge >= 0.3 is 0 Å². The molecule has 0 unspecified atom stereocenters. The van der Waals surface area contributed by atoms with Crippen LogP contribution < -0.4 is 10.6 Å². The molecule has 0 radical (unpaired) electrons. The summed E-state index contributed by atoms with van der Waals surface area (Å²) in [6.45, 7) is 3.25. The molecule has 0 aliphatic rings. The lowest BCUT2D eigenvalue weighted by molar-refractivity contribution is -0.120. The van der Waals surface area contributed by atoms with Crippen molar-refractivity contribution >= 4 is 5.91 Å². The fourth-order valence-corrected chi connectivity index (χ4v) is 1.34. The quantitative estimate of drug-likeness (QED) is 0.588. The first-order valence-corrected chi connectivity index (χ1v) is 5.61. The molecule has 1 rings (SSSR count). The third-order valence-corrected chi connectivity index (χ3v) is 2.24. The highest BCUT2D eigenvalue weighted by Crippen LogP contribution is 2.21. The average Bonchev–Trinajstić information content (AvgIpc) is 2.29. The van der Waals surface area contributed by atoms with Crippen molar-refractivity contribution in [2.24, 2.45) is 0 Å². The molecular weight excluding hydrogens is 220 g/mol. The Morgan fingerprint density at radius 3 is 2.76 bits per heavy atom. The van der Waals surface area contributed by atoms with Crippen LogP contribution in [0.2, 0.25) is 0 Å². The second-order valence-corrected chi connectivity index (χ2v) is 3.77. The molecule has 0 saturated carbocycles.